The van der Waals surface area contributed by atoms with E-state index < -0.39 is 24.5 Å². The molecule has 0 aliphatic heterocycles. The zero-order valence-corrected chi connectivity index (χ0v) is 16.9. The first-order valence-corrected chi connectivity index (χ1v) is 9.51. The van der Waals surface area contributed by atoms with Crippen LogP contribution in [0.1, 0.15) is 26.5 Å². The number of nitrogens with zero attached hydrogens (tertiary/aromatic N) is 1. The van der Waals surface area contributed by atoms with Crippen molar-refractivity contribution >= 4 is 34.9 Å². The molecule has 8 nitrogen and oxygen atoms in total. The molecule has 0 saturated carbocycles. The number of carbonyl (C=O) groups is 3. The van der Waals surface area contributed by atoms with E-state index in [1.54, 1.807) is 31.2 Å². The number of hydrogen-bond donors (Lipinski definition) is 2. The van der Waals surface area contributed by atoms with Crippen molar-refractivity contribution in [3.05, 3.63) is 58.3 Å². The summed E-state index contributed by atoms with van der Waals surface area (Å²) in [6, 6.07) is 8.13. The Morgan fingerprint density at radius 1 is 1.14 bits per heavy atom. The lowest BCUT2D eigenvalue weighted by atomic mass is 10.1. The van der Waals surface area contributed by atoms with Crippen molar-refractivity contribution in [2.45, 2.75) is 20.8 Å². The average Bonchev–Trinajstić information content (AvgIpc) is 3.32. The lowest BCUT2D eigenvalue weighted by Crippen LogP contribution is -2.37. The number of ether oxygens (including phenoxy) is 1. The summed E-state index contributed by atoms with van der Waals surface area (Å²) in [6.07, 6.45) is 1.51. The van der Waals surface area contributed by atoms with Crippen LogP contribution in [0.3, 0.4) is 0 Å². The molecule has 0 bridgehead atoms. The van der Waals surface area contributed by atoms with E-state index in [-0.39, 0.29) is 5.69 Å². The standard InChI is InChI=1S/C20H19N3O5S/c1-11-6-7-14(9-12(11)2)21-20(26)22-16(24)10-28-19(25)17-13(3)29-18(23-17)15-5-4-8-27-15/h4-9H,10H2,1-3H3,(H2,21,22,24,26). The summed E-state index contributed by atoms with van der Waals surface area (Å²) in [5.41, 5.74) is 2.76. The van der Waals surface area contributed by atoms with Crippen molar-refractivity contribution in [3.63, 3.8) is 0 Å². The van der Waals surface area contributed by atoms with Gasteiger partial charge in [0.05, 0.1) is 6.26 Å². The monoisotopic (exact) mass is 413 g/mol. The minimum atomic E-state index is -0.751. The van der Waals surface area contributed by atoms with Gasteiger partial charge in [0.1, 0.15) is 0 Å². The largest absolute Gasteiger partial charge is 0.462 e. The van der Waals surface area contributed by atoms with Crippen LogP contribution in [0.25, 0.3) is 10.8 Å². The minimum absolute atomic E-state index is 0.105. The summed E-state index contributed by atoms with van der Waals surface area (Å²) in [4.78, 5) is 40.9. The first-order valence-electron chi connectivity index (χ1n) is 8.70. The Morgan fingerprint density at radius 3 is 2.62 bits per heavy atom. The van der Waals surface area contributed by atoms with E-state index in [1.807, 2.05) is 19.9 Å². The van der Waals surface area contributed by atoms with Crippen molar-refractivity contribution in [1.29, 1.82) is 0 Å². The summed E-state index contributed by atoms with van der Waals surface area (Å²) in [6.45, 7) is 4.99. The van der Waals surface area contributed by atoms with Gasteiger partial charge in [0.15, 0.2) is 23.1 Å². The number of furan rings is 1. The van der Waals surface area contributed by atoms with Crippen molar-refractivity contribution in [1.82, 2.24) is 10.3 Å². The lowest BCUT2D eigenvalue weighted by molar-refractivity contribution is -0.123. The number of thiazole rings is 1. The number of rotatable bonds is 5. The highest BCUT2D eigenvalue weighted by Gasteiger charge is 2.20. The Labute approximate surface area is 170 Å². The van der Waals surface area contributed by atoms with Gasteiger partial charge in [0, 0.05) is 10.6 Å². The summed E-state index contributed by atoms with van der Waals surface area (Å²) in [5.74, 6) is -0.960. The van der Waals surface area contributed by atoms with Crippen LogP contribution in [0.5, 0.6) is 0 Å². The molecule has 2 N–H and O–H groups in total. The maximum atomic E-state index is 12.2. The van der Waals surface area contributed by atoms with Crippen LogP contribution in [0, 0.1) is 20.8 Å². The number of carbonyl (C=O) groups excluding carboxylic acids is 3. The Balaban J connectivity index is 1.51. The van der Waals surface area contributed by atoms with E-state index in [0.29, 0.717) is 21.3 Å². The average molecular weight is 413 g/mol. The van der Waals surface area contributed by atoms with Crippen molar-refractivity contribution in [3.8, 4) is 10.8 Å². The van der Waals surface area contributed by atoms with Crippen LogP contribution in [0.4, 0.5) is 10.5 Å². The molecular weight excluding hydrogens is 394 g/mol. The SMILES string of the molecule is Cc1ccc(NC(=O)NC(=O)COC(=O)c2nc(-c3ccco3)sc2C)cc1C. The maximum absolute atomic E-state index is 12.2. The molecule has 0 radical (unpaired) electrons. The second-order valence-corrected chi connectivity index (χ2v) is 7.48. The molecule has 9 heteroatoms. The van der Waals surface area contributed by atoms with Gasteiger partial charge in [-0.3, -0.25) is 10.1 Å². The molecule has 0 aliphatic carbocycles. The van der Waals surface area contributed by atoms with Crippen LogP contribution in [-0.2, 0) is 9.53 Å². The quantitative estimate of drug-likeness (QED) is 0.615. The molecule has 29 heavy (non-hydrogen) atoms. The Kier molecular flexibility index (Phi) is 6.08. The first-order chi connectivity index (χ1) is 13.8. The fourth-order valence-corrected chi connectivity index (χ4v) is 3.30. The number of hydrogen-bond acceptors (Lipinski definition) is 7. The highest BCUT2D eigenvalue weighted by molar-refractivity contribution is 7.15. The van der Waals surface area contributed by atoms with E-state index in [1.165, 1.54) is 17.6 Å². The Hall–Kier alpha value is -3.46. The number of aromatic nitrogens is 1. The smallest absolute Gasteiger partial charge is 0.358 e. The van der Waals surface area contributed by atoms with Crippen LogP contribution in [-0.4, -0.2) is 29.5 Å². The van der Waals surface area contributed by atoms with E-state index in [4.69, 9.17) is 9.15 Å². The van der Waals surface area contributed by atoms with Crippen molar-refractivity contribution in [2.24, 2.45) is 0 Å². The predicted molar refractivity (Wildman–Crippen MR) is 108 cm³/mol. The normalized spacial score (nSPS) is 10.4. The van der Waals surface area contributed by atoms with Gasteiger partial charge in [0.2, 0.25) is 0 Å². The zero-order valence-electron chi connectivity index (χ0n) is 16.1. The van der Waals surface area contributed by atoms with E-state index in [9.17, 15) is 14.4 Å². The highest BCUT2D eigenvalue weighted by Crippen LogP contribution is 2.28. The molecule has 1 aromatic carbocycles. The molecule has 0 atom stereocenters. The van der Waals surface area contributed by atoms with E-state index in [2.05, 4.69) is 15.6 Å². The van der Waals surface area contributed by atoms with Gasteiger partial charge in [-0.15, -0.1) is 11.3 Å². The third-order valence-electron chi connectivity index (χ3n) is 4.07. The first kappa shape index (κ1) is 20.3. The van der Waals surface area contributed by atoms with Gasteiger partial charge >= 0.3 is 12.0 Å². The molecule has 150 valence electrons. The Bertz CT molecular complexity index is 1060. The van der Waals surface area contributed by atoms with Crippen LogP contribution in [0.15, 0.2) is 41.0 Å². The van der Waals surface area contributed by atoms with Crippen molar-refractivity contribution in [2.75, 3.05) is 11.9 Å². The molecule has 3 rings (SSSR count). The third-order valence-corrected chi connectivity index (χ3v) is 5.06. The number of urea groups is 1. The summed E-state index contributed by atoms with van der Waals surface area (Å²) < 4.78 is 10.2. The fraction of sp³-hybridized carbons (Fsp3) is 0.200. The molecular formula is C20H19N3O5S. The van der Waals surface area contributed by atoms with Crippen LogP contribution < -0.4 is 10.6 Å². The van der Waals surface area contributed by atoms with Gasteiger partial charge in [-0.2, -0.15) is 0 Å². The molecule has 2 aromatic heterocycles. The number of esters is 1. The molecule has 0 spiro atoms. The van der Waals surface area contributed by atoms with Crippen molar-refractivity contribution < 1.29 is 23.5 Å². The van der Waals surface area contributed by atoms with Gasteiger partial charge in [-0.25, -0.2) is 14.6 Å². The topological polar surface area (TPSA) is 111 Å². The van der Waals surface area contributed by atoms with Gasteiger partial charge in [-0.05, 0) is 56.2 Å². The number of aryl methyl sites for hydroxylation is 3. The van der Waals surface area contributed by atoms with Crippen LogP contribution >= 0.6 is 11.3 Å². The number of anilines is 1. The van der Waals surface area contributed by atoms with E-state index >= 15 is 0 Å². The Morgan fingerprint density at radius 2 is 1.93 bits per heavy atom. The molecule has 0 unspecified atom stereocenters. The summed E-state index contributed by atoms with van der Waals surface area (Å²) in [5, 5.41) is 5.21. The number of imide groups is 1. The summed E-state index contributed by atoms with van der Waals surface area (Å²) in [7, 11) is 0. The third kappa shape index (κ3) is 5.08. The summed E-state index contributed by atoms with van der Waals surface area (Å²) >= 11 is 1.28. The molecule has 3 amide bonds. The van der Waals surface area contributed by atoms with Gasteiger partial charge < -0.3 is 14.5 Å². The maximum Gasteiger partial charge on any atom is 0.358 e. The van der Waals surface area contributed by atoms with E-state index in [0.717, 1.165) is 11.1 Å². The fourth-order valence-electron chi connectivity index (χ4n) is 2.44. The number of nitrogens with one attached hydrogen (secondary N) is 2. The number of benzene rings is 1. The molecule has 0 saturated heterocycles. The van der Waals surface area contributed by atoms with Gasteiger partial charge in [0.25, 0.3) is 5.91 Å². The minimum Gasteiger partial charge on any atom is -0.462 e. The van der Waals surface area contributed by atoms with Crippen LogP contribution in [0.2, 0.25) is 0 Å². The predicted octanol–water partition coefficient (Wildman–Crippen LogP) is 3.83. The highest BCUT2D eigenvalue weighted by atomic mass is 32.1. The molecule has 0 fully saturated rings. The molecule has 2 heterocycles. The molecule has 3 aromatic rings. The second-order valence-electron chi connectivity index (χ2n) is 6.28. The number of amides is 3. The second kappa shape index (κ2) is 8.70. The van der Waals surface area contributed by atoms with Gasteiger partial charge in [-0.1, -0.05) is 6.07 Å². The molecule has 0 aliphatic rings. The zero-order chi connectivity index (χ0) is 21.0. The lowest BCUT2D eigenvalue weighted by Gasteiger charge is -2.09.